The molecule has 10 atom stereocenters. The molecule has 0 aliphatic heterocycles. The van der Waals surface area contributed by atoms with E-state index < -0.39 is 41.6 Å². The predicted molar refractivity (Wildman–Crippen MR) is 249 cm³/mol. The molecule has 352 valence electrons. The second kappa shape index (κ2) is 20.8. The number of phenolic OH excluding ortho intramolecular Hbond substituents is 1. The molecule has 0 bridgehead atoms. The number of aromatic nitrogens is 1. The van der Waals surface area contributed by atoms with Crippen LogP contribution in [0.2, 0.25) is 0 Å². The van der Waals surface area contributed by atoms with Gasteiger partial charge in [-0.2, -0.15) is 0 Å². The quantitative estimate of drug-likeness (QED) is 0.0502. The molecule has 3 fully saturated rings. The number of phenols is 1. The number of nitrogens with two attached hydrogens (primary N) is 1. The highest BCUT2D eigenvalue weighted by Gasteiger charge is 2.59. The number of rotatable bonds is 18. The van der Waals surface area contributed by atoms with Crippen LogP contribution in [0.25, 0.3) is 0 Å². The standard InChI is InChI=1S/C53H78N4O7/c1-34(2)13-11-14-35(3)42-23-24-43-41-22-19-38-32-40(25-27-52(38,7)44(41)26-28-53(42,43)8)63-49(61)45(16-9-10-29-57-30-12-15-37(33-57)47(54)59)55-48(60)46(56-50(62)64-51(4,5)6)31-36-17-20-39(58)21-18-36/h12,15,17-21,30,33-35,40-46H,9-11,13-14,16,22-29,31-32H2,1-8H3,(H4-,54,55,56,58,59,60,62)/p+1/t35-,40+,41+,42-,43+,44+,45+,46+,52+,53-/m1/s1. The van der Waals surface area contributed by atoms with E-state index in [0.29, 0.717) is 60.6 Å². The highest BCUT2D eigenvalue weighted by molar-refractivity contribution is 5.92. The number of hydrogen-bond acceptors (Lipinski definition) is 7. The molecule has 0 saturated heterocycles. The second-order valence-electron chi connectivity index (χ2n) is 21.9. The van der Waals surface area contributed by atoms with Crippen molar-refractivity contribution in [3.8, 4) is 5.75 Å². The summed E-state index contributed by atoms with van der Waals surface area (Å²) in [5.74, 6) is 3.05. The van der Waals surface area contributed by atoms with E-state index in [1.54, 1.807) is 51.2 Å². The molecule has 4 aliphatic rings. The van der Waals surface area contributed by atoms with Crippen LogP contribution in [-0.4, -0.2) is 52.8 Å². The number of pyridine rings is 1. The van der Waals surface area contributed by atoms with Crippen LogP contribution in [0, 0.1) is 46.3 Å². The number of benzene rings is 1. The van der Waals surface area contributed by atoms with Gasteiger partial charge in [-0.1, -0.05) is 77.7 Å². The lowest BCUT2D eigenvalue weighted by Crippen LogP contribution is -2.54. The molecule has 0 spiro atoms. The third-order valence-electron chi connectivity index (χ3n) is 15.8. The van der Waals surface area contributed by atoms with Crippen LogP contribution in [0.15, 0.2) is 60.4 Å². The van der Waals surface area contributed by atoms with Gasteiger partial charge in [-0.05, 0) is 149 Å². The summed E-state index contributed by atoms with van der Waals surface area (Å²) < 4.78 is 13.8. The van der Waals surface area contributed by atoms with Crippen molar-refractivity contribution >= 4 is 23.9 Å². The van der Waals surface area contributed by atoms with Crippen molar-refractivity contribution in [2.45, 2.75) is 182 Å². The van der Waals surface area contributed by atoms with Crippen molar-refractivity contribution in [3.63, 3.8) is 0 Å². The van der Waals surface area contributed by atoms with Crippen LogP contribution >= 0.6 is 0 Å². The Balaban J connectivity index is 1.14. The number of aryl methyl sites for hydroxylation is 1. The zero-order valence-corrected chi connectivity index (χ0v) is 40.1. The number of allylic oxidation sites excluding steroid dienone is 1. The highest BCUT2D eigenvalue weighted by Crippen LogP contribution is 2.67. The molecule has 3 saturated carbocycles. The van der Waals surface area contributed by atoms with Gasteiger partial charge in [0, 0.05) is 25.3 Å². The van der Waals surface area contributed by atoms with Crippen LogP contribution in [0.4, 0.5) is 4.79 Å². The maximum absolute atomic E-state index is 14.3. The fourth-order valence-corrected chi connectivity index (χ4v) is 12.5. The number of fused-ring (bicyclic) bond motifs is 5. The summed E-state index contributed by atoms with van der Waals surface area (Å²) in [4.78, 5) is 53.3. The first-order valence-electron chi connectivity index (χ1n) is 24.5. The lowest BCUT2D eigenvalue weighted by Gasteiger charge is -2.58. The molecule has 64 heavy (non-hydrogen) atoms. The Morgan fingerprint density at radius 3 is 2.34 bits per heavy atom. The summed E-state index contributed by atoms with van der Waals surface area (Å²) in [5, 5.41) is 15.6. The van der Waals surface area contributed by atoms with E-state index in [0.717, 1.165) is 42.9 Å². The molecule has 1 aromatic carbocycles. The molecule has 5 N–H and O–H groups in total. The fourth-order valence-electron chi connectivity index (χ4n) is 12.5. The Bertz CT molecular complexity index is 1970. The van der Waals surface area contributed by atoms with Gasteiger partial charge in [-0.15, -0.1) is 0 Å². The Morgan fingerprint density at radius 1 is 0.891 bits per heavy atom. The van der Waals surface area contributed by atoms with E-state index in [2.05, 4.69) is 51.3 Å². The molecule has 6 rings (SSSR count). The fraction of sp³-hybridized carbons (Fsp3) is 0.679. The van der Waals surface area contributed by atoms with Crippen LogP contribution in [0.5, 0.6) is 5.75 Å². The molecule has 1 aromatic heterocycles. The summed E-state index contributed by atoms with van der Waals surface area (Å²) in [6, 6.07) is 7.84. The van der Waals surface area contributed by atoms with Gasteiger partial charge < -0.3 is 30.9 Å². The van der Waals surface area contributed by atoms with Gasteiger partial charge in [0.2, 0.25) is 5.91 Å². The largest absolute Gasteiger partial charge is 0.508 e. The topological polar surface area (TPSA) is 161 Å². The number of hydrogen-bond donors (Lipinski definition) is 4. The van der Waals surface area contributed by atoms with E-state index in [1.165, 1.54) is 62.7 Å². The zero-order chi connectivity index (χ0) is 46.4. The van der Waals surface area contributed by atoms with Crippen molar-refractivity contribution in [3.05, 3.63) is 71.6 Å². The molecule has 1 heterocycles. The predicted octanol–water partition coefficient (Wildman–Crippen LogP) is 9.52. The minimum atomic E-state index is -1.07. The molecule has 2 aromatic rings. The van der Waals surface area contributed by atoms with Crippen molar-refractivity contribution < 1.29 is 38.3 Å². The van der Waals surface area contributed by atoms with Crippen LogP contribution in [0.1, 0.15) is 161 Å². The zero-order valence-electron chi connectivity index (χ0n) is 40.1. The molecule has 11 heteroatoms. The number of esters is 1. The third-order valence-corrected chi connectivity index (χ3v) is 15.8. The first-order chi connectivity index (χ1) is 30.3. The summed E-state index contributed by atoms with van der Waals surface area (Å²) in [6.45, 7) is 18.2. The SMILES string of the molecule is CC(C)CCC[C@@H](C)[C@H]1CC[C@H]2[C@@H]3CC=C4C[C@@H](OC(=O)[C@H](CCCC[n+]5cccc(C(N)=O)c5)NC(=O)[C@H](Cc5ccc(O)cc5)NC(=O)OC(C)(C)C)CC[C@]4(C)[C@H]3CC[C@]12C. The summed E-state index contributed by atoms with van der Waals surface area (Å²) in [7, 11) is 0. The van der Waals surface area contributed by atoms with E-state index in [-0.39, 0.29) is 23.7 Å². The van der Waals surface area contributed by atoms with Crippen LogP contribution < -0.4 is 20.9 Å². The molecule has 0 radical (unpaired) electrons. The van der Waals surface area contributed by atoms with Gasteiger partial charge in [0.25, 0.3) is 5.91 Å². The number of alkyl carbamates (subject to hydrolysis) is 1. The Labute approximate surface area is 383 Å². The molecule has 11 nitrogen and oxygen atoms in total. The molecular weight excluding hydrogens is 805 g/mol. The minimum absolute atomic E-state index is 0.0839. The Morgan fingerprint density at radius 2 is 1.64 bits per heavy atom. The third kappa shape index (κ3) is 12.1. The number of unbranched alkanes of at least 4 members (excludes halogenated alkanes) is 1. The van der Waals surface area contributed by atoms with Gasteiger partial charge in [0.15, 0.2) is 12.4 Å². The van der Waals surface area contributed by atoms with E-state index >= 15 is 0 Å². The average Bonchev–Trinajstić information content (AvgIpc) is 3.59. The number of carbonyl (C=O) groups is 4. The number of nitrogens with zero attached hydrogens (tertiary/aromatic N) is 1. The lowest BCUT2D eigenvalue weighted by molar-refractivity contribution is -0.697. The Hall–Kier alpha value is -4.41. The van der Waals surface area contributed by atoms with Gasteiger partial charge in [-0.3, -0.25) is 9.59 Å². The number of ether oxygens (including phenoxy) is 2. The van der Waals surface area contributed by atoms with Crippen molar-refractivity contribution in [2.75, 3.05) is 0 Å². The van der Waals surface area contributed by atoms with Gasteiger partial charge in [-0.25, -0.2) is 14.2 Å². The lowest BCUT2D eigenvalue weighted by atomic mass is 9.47. The van der Waals surface area contributed by atoms with Crippen molar-refractivity contribution in [1.82, 2.24) is 10.6 Å². The number of primary amides is 1. The number of amides is 3. The number of nitrogens with one attached hydrogen (secondary N) is 2. The van der Waals surface area contributed by atoms with E-state index in [9.17, 15) is 24.3 Å². The number of carbonyl (C=O) groups excluding carboxylic acids is 4. The maximum atomic E-state index is 14.3. The normalized spacial score (nSPS) is 27.8. The average molecular weight is 884 g/mol. The maximum Gasteiger partial charge on any atom is 0.408 e. The van der Waals surface area contributed by atoms with Crippen molar-refractivity contribution in [2.24, 2.45) is 52.1 Å². The minimum Gasteiger partial charge on any atom is -0.508 e. The summed E-state index contributed by atoms with van der Waals surface area (Å²) in [5.41, 5.74) is 7.78. The summed E-state index contributed by atoms with van der Waals surface area (Å²) in [6.07, 6.45) is 19.6. The highest BCUT2D eigenvalue weighted by atomic mass is 16.6. The number of aromatic hydroxyl groups is 1. The molecule has 4 aliphatic carbocycles. The smallest absolute Gasteiger partial charge is 0.408 e. The second-order valence-corrected chi connectivity index (χ2v) is 21.9. The van der Waals surface area contributed by atoms with Crippen LogP contribution in [-0.2, 0) is 32.0 Å². The van der Waals surface area contributed by atoms with Gasteiger partial charge >= 0.3 is 12.1 Å². The summed E-state index contributed by atoms with van der Waals surface area (Å²) >= 11 is 0. The van der Waals surface area contributed by atoms with Gasteiger partial charge in [0.05, 0.1) is 0 Å². The van der Waals surface area contributed by atoms with E-state index in [1.807, 2.05) is 10.8 Å². The van der Waals surface area contributed by atoms with Gasteiger partial charge in [0.1, 0.15) is 41.6 Å². The Kier molecular flexibility index (Phi) is 16.0. The van der Waals surface area contributed by atoms with E-state index in [4.69, 9.17) is 15.2 Å². The molecular formula is C53H79N4O7+. The first-order valence-corrected chi connectivity index (χ1v) is 24.5. The van der Waals surface area contributed by atoms with Crippen molar-refractivity contribution in [1.29, 1.82) is 0 Å². The molecule has 3 amide bonds. The first kappa shape index (κ1) is 49.0. The monoisotopic (exact) mass is 884 g/mol. The van der Waals surface area contributed by atoms with Crippen LogP contribution in [0.3, 0.4) is 0 Å². The molecule has 0 unspecified atom stereocenters.